The van der Waals surface area contributed by atoms with Gasteiger partial charge in [0.05, 0.1) is 0 Å². The highest BCUT2D eigenvalue weighted by molar-refractivity contribution is 7.71. The van der Waals surface area contributed by atoms with Gasteiger partial charge in [0.15, 0.2) is 0 Å². The van der Waals surface area contributed by atoms with E-state index in [0.29, 0.717) is 5.92 Å². The van der Waals surface area contributed by atoms with E-state index >= 15 is 0 Å². The first-order valence-electron chi connectivity index (χ1n) is 7.37. The van der Waals surface area contributed by atoms with Crippen LogP contribution in [-0.4, -0.2) is 9.97 Å². The van der Waals surface area contributed by atoms with Gasteiger partial charge in [0.1, 0.15) is 10.5 Å². The number of nitrogens with one attached hydrogen (secondary N) is 1. The largest absolute Gasteiger partial charge is 0.347 e. The van der Waals surface area contributed by atoms with Gasteiger partial charge in [-0.15, -0.1) is 0 Å². The maximum atomic E-state index is 5.32. The minimum absolute atomic E-state index is 0.619. The van der Waals surface area contributed by atoms with Crippen molar-refractivity contribution in [1.82, 2.24) is 9.97 Å². The van der Waals surface area contributed by atoms with E-state index in [1.54, 1.807) is 0 Å². The van der Waals surface area contributed by atoms with E-state index in [9.17, 15) is 0 Å². The molecule has 1 heterocycles. The Morgan fingerprint density at radius 3 is 2.44 bits per heavy atom. The third-order valence-electron chi connectivity index (χ3n) is 4.61. The Morgan fingerprint density at radius 1 is 1.17 bits per heavy atom. The van der Waals surface area contributed by atoms with Gasteiger partial charge in [-0.25, -0.2) is 4.98 Å². The van der Waals surface area contributed by atoms with Crippen molar-refractivity contribution in [3.63, 3.8) is 0 Å². The van der Waals surface area contributed by atoms with Crippen molar-refractivity contribution in [3.8, 4) is 0 Å². The molecule has 2 aliphatic carbocycles. The molecule has 3 rings (SSSR count). The zero-order chi connectivity index (χ0) is 12.5. The Kier molecular flexibility index (Phi) is 3.51. The van der Waals surface area contributed by atoms with E-state index in [0.717, 1.165) is 16.5 Å². The summed E-state index contributed by atoms with van der Waals surface area (Å²) < 4.78 is 0.781. The van der Waals surface area contributed by atoms with Crippen LogP contribution in [0.3, 0.4) is 0 Å². The van der Waals surface area contributed by atoms with E-state index in [4.69, 9.17) is 12.2 Å². The molecule has 0 spiro atoms. The standard InChI is InChI=1S/C15H22N2S/c1-2-10-3-5-12(6-4-10)15-16-13(11-7-8-11)9-14(18)17-15/h9-12H,2-8H2,1H3,(H,16,17,18). The summed E-state index contributed by atoms with van der Waals surface area (Å²) in [6.07, 6.45) is 9.25. The predicted molar refractivity (Wildman–Crippen MR) is 76.4 cm³/mol. The SMILES string of the molecule is CCC1CCC(c2nc(=S)cc(C3CC3)[nH]2)CC1. The average Bonchev–Trinajstić information content (AvgIpc) is 3.22. The van der Waals surface area contributed by atoms with Crippen LogP contribution in [-0.2, 0) is 0 Å². The van der Waals surface area contributed by atoms with Crippen LogP contribution < -0.4 is 0 Å². The molecule has 2 saturated carbocycles. The second-order valence-corrected chi connectivity index (χ2v) is 6.38. The smallest absolute Gasteiger partial charge is 0.130 e. The zero-order valence-corrected chi connectivity index (χ0v) is 11.9. The van der Waals surface area contributed by atoms with Gasteiger partial charge in [0.2, 0.25) is 0 Å². The van der Waals surface area contributed by atoms with Gasteiger partial charge >= 0.3 is 0 Å². The van der Waals surface area contributed by atoms with Crippen LogP contribution in [0.1, 0.15) is 75.2 Å². The topological polar surface area (TPSA) is 28.7 Å². The lowest BCUT2D eigenvalue weighted by Crippen LogP contribution is -2.15. The van der Waals surface area contributed by atoms with Crippen molar-refractivity contribution in [2.24, 2.45) is 5.92 Å². The monoisotopic (exact) mass is 262 g/mol. The fourth-order valence-corrected chi connectivity index (χ4v) is 3.37. The van der Waals surface area contributed by atoms with Crippen LogP contribution in [0.25, 0.3) is 0 Å². The molecule has 0 saturated heterocycles. The number of nitrogens with zero attached hydrogens (tertiary/aromatic N) is 1. The van der Waals surface area contributed by atoms with Crippen LogP contribution in [0, 0.1) is 10.6 Å². The first-order chi connectivity index (χ1) is 8.76. The number of H-pyrrole nitrogens is 1. The maximum absolute atomic E-state index is 5.32. The van der Waals surface area contributed by atoms with Crippen molar-refractivity contribution >= 4 is 12.2 Å². The molecule has 1 aromatic heterocycles. The molecule has 2 fully saturated rings. The first-order valence-corrected chi connectivity index (χ1v) is 7.78. The van der Waals surface area contributed by atoms with Crippen LogP contribution in [0.2, 0.25) is 0 Å². The molecule has 0 aliphatic heterocycles. The van der Waals surface area contributed by atoms with Gasteiger partial charge < -0.3 is 4.98 Å². The highest BCUT2D eigenvalue weighted by atomic mass is 32.1. The third-order valence-corrected chi connectivity index (χ3v) is 4.82. The molecule has 3 heteroatoms. The molecule has 1 N–H and O–H groups in total. The highest BCUT2D eigenvalue weighted by Gasteiger charge is 2.27. The van der Waals surface area contributed by atoms with Crippen molar-refractivity contribution in [2.45, 2.75) is 63.7 Å². The van der Waals surface area contributed by atoms with Gasteiger partial charge in [0, 0.05) is 11.6 Å². The quantitative estimate of drug-likeness (QED) is 0.800. The zero-order valence-electron chi connectivity index (χ0n) is 11.1. The number of hydrogen-bond donors (Lipinski definition) is 1. The first kappa shape index (κ1) is 12.3. The summed E-state index contributed by atoms with van der Waals surface area (Å²) in [4.78, 5) is 8.15. The van der Waals surface area contributed by atoms with Crippen molar-refractivity contribution in [1.29, 1.82) is 0 Å². The van der Waals surface area contributed by atoms with Crippen molar-refractivity contribution < 1.29 is 0 Å². The predicted octanol–water partition coefficient (Wildman–Crippen LogP) is 4.70. The normalized spacial score (nSPS) is 28.3. The van der Waals surface area contributed by atoms with Crippen LogP contribution in [0.5, 0.6) is 0 Å². The lowest BCUT2D eigenvalue weighted by atomic mass is 9.80. The van der Waals surface area contributed by atoms with Crippen LogP contribution >= 0.6 is 12.2 Å². The minimum Gasteiger partial charge on any atom is -0.347 e. The fourth-order valence-electron chi connectivity index (χ4n) is 3.15. The molecule has 0 amide bonds. The lowest BCUT2D eigenvalue weighted by Gasteiger charge is -2.27. The van der Waals surface area contributed by atoms with Gasteiger partial charge in [-0.3, -0.25) is 0 Å². The third kappa shape index (κ3) is 2.66. The number of hydrogen-bond acceptors (Lipinski definition) is 2. The molecule has 0 bridgehead atoms. The maximum Gasteiger partial charge on any atom is 0.130 e. The van der Waals surface area contributed by atoms with Crippen molar-refractivity contribution in [3.05, 3.63) is 22.2 Å². The molecular formula is C15H22N2S. The summed E-state index contributed by atoms with van der Waals surface area (Å²) in [5.74, 6) is 3.46. The van der Waals surface area contributed by atoms with Gasteiger partial charge in [0.25, 0.3) is 0 Å². The molecule has 0 unspecified atom stereocenters. The Morgan fingerprint density at radius 2 is 1.83 bits per heavy atom. The second kappa shape index (κ2) is 5.12. The molecular weight excluding hydrogens is 240 g/mol. The molecule has 0 aromatic carbocycles. The van der Waals surface area contributed by atoms with E-state index in [-0.39, 0.29) is 0 Å². The minimum atomic E-state index is 0.619. The molecule has 1 aromatic rings. The van der Waals surface area contributed by atoms with Crippen LogP contribution in [0.15, 0.2) is 6.07 Å². The number of aromatic amines is 1. The second-order valence-electron chi connectivity index (χ2n) is 5.96. The summed E-state index contributed by atoms with van der Waals surface area (Å²) in [6.45, 7) is 2.31. The average molecular weight is 262 g/mol. The van der Waals surface area contributed by atoms with Crippen molar-refractivity contribution in [2.75, 3.05) is 0 Å². The molecule has 2 aliphatic rings. The number of aromatic nitrogens is 2. The lowest BCUT2D eigenvalue weighted by molar-refractivity contribution is 0.311. The molecule has 0 atom stereocenters. The Balaban J connectivity index is 1.77. The Bertz CT molecular complexity index is 468. The van der Waals surface area contributed by atoms with Gasteiger partial charge in [-0.05, 0) is 56.4 Å². The molecule has 2 nitrogen and oxygen atoms in total. The summed E-state index contributed by atoms with van der Waals surface area (Å²) in [5, 5.41) is 0. The summed E-state index contributed by atoms with van der Waals surface area (Å²) in [5.41, 5.74) is 1.34. The van der Waals surface area contributed by atoms with Crippen LogP contribution in [0.4, 0.5) is 0 Å². The Labute approximate surface area is 114 Å². The number of rotatable bonds is 3. The van der Waals surface area contributed by atoms with E-state index in [1.165, 1.54) is 56.5 Å². The van der Waals surface area contributed by atoms with E-state index < -0.39 is 0 Å². The van der Waals surface area contributed by atoms with E-state index in [1.807, 2.05) is 0 Å². The molecule has 98 valence electrons. The summed E-state index contributed by atoms with van der Waals surface area (Å²) in [7, 11) is 0. The highest BCUT2D eigenvalue weighted by Crippen LogP contribution is 2.40. The molecule has 18 heavy (non-hydrogen) atoms. The summed E-state index contributed by atoms with van der Waals surface area (Å²) >= 11 is 5.32. The molecule has 0 radical (unpaired) electrons. The van der Waals surface area contributed by atoms with E-state index in [2.05, 4.69) is 23.0 Å². The van der Waals surface area contributed by atoms with Gasteiger partial charge in [-0.2, -0.15) is 0 Å². The fraction of sp³-hybridized carbons (Fsp3) is 0.733. The Hall–Kier alpha value is -0.700. The van der Waals surface area contributed by atoms with Gasteiger partial charge in [-0.1, -0.05) is 25.6 Å². The summed E-state index contributed by atoms with van der Waals surface area (Å²) in [6, 6.07) is 2.06.